The summed E-state index contributed by atoms with van der Waals surface area (Å²) in [7, 11) is 0. The number of halogens is 2. The summed E-state index contributed by atoms with van der Waals surface area (Å²) < 4.78 is 31.8. The SMILES string of the molecule is Cc1cccc(OCCC(O)Cc2ccc(F)cc2F)c1. The highest BCUT2D eigenvalue weighted by atomic mass is 19.1. The van der Waals surface area contributed by atoms with Gasteiger partial charge in [0.25, 0.3) is 0 Å². The minimum Gasteiger partial charge on any atom is -0.493 e. The van der Waals surface area contributed by atoms with E-state index in [9.17, 15) is 13.9 Å². The molecule has 0 aliphatic heterocycles. The third-order valence-corrected chi connectivity index (χ3v) is 3.18. The predicted molar refractivity (Wildman–Crippen MR) is 77.4 cm³/mol. The molecular weight excluding hydrogens is 274 g/mol. The molecular formula is C17H18F2O2. The number of aryl methyl sites for hydroxylation is 1. The van der Waals surface area contributed by atoms with E-state index < -0.39 is 17.7 Å². The van der Waals surface area contributed by atoms with Crippen LogP contribution in [0.2, 0.25) is 0 Å². The minimum absolute atomic E-state index is 0.142. The number of aliphatic hydroxyl groups excluding tert-OH is 1. The van der Waals surface area contributed by atoms with Gasteiger partial charge in [0.1, 0.15) is 17.4 Å². The first-order valence-corrected chi connectivity index (χ1v) is 6.86. The summed E-state index contributed by atoms with van der Waals surface area (Å²) in [6, 6.07) is 11.0. The second kappa shape index (κ2) is 7.18. The maximum absolute atomic E-state index is 13.5. The lowest BCUT2D eigenvalue weighted by Crippen LogP contribution is -2.15. The molecule has 2 nitrogen and oxygen atoms in total. The van der Waals surface area contributed by atoms with Crippen LogP contribution in [0.25, 0.3) is 0 Å². The lowest BCUT2D eigenvalue weighted by atomic mass is 10.1. The zero-order valence-electron chi connectivity index (χ0n) is 11.9. The van der Waals surface area contributed by atoms with Crippen molar-refractivity contribution in [1.29, 1.82) is 0 Å². The molecule has 2 aromatic carbocycles. The molecule has 112 valence electrons. The van der Waals surface area contributed by atoms with E-state index in [1.807, 2.05) is 31.2 Å². The Balaban J connectivity index is 1.81. The van der Waals surface area contributed by atoms with E-state index in [0.29, 0.717) is 18.6 Å². The van der Waals surface area contributed by atoms with Crippen molar-refractivity contribution in [2.45, 2.75) is 25.9 Å². The Labute approximate surface area is 123 Å². The van der Waals surface area contributed by atoms with Gasteiger partial charge in [-0.15, -0.1) is 0 Å². The van der Waals surface area contributed by atoms with E-state index in [4.69, 9.17) is 4.74 Å². The van der Waals surface area contributed by atoms with E-state index in [-0.39, 0.29) is 6.42 Å². The molecule has 2 rings (SSSR count). The Kier molecular flexibility index (Phi) is 5.28. The van der Waals surface area contributed by atoms with Crippen LogP contribution in [0.5, 0.6) is 5.75 Å². The molecule has 0 bridgehead atoms. The predicted octanol–water partition coefficient (Wildman–Crippen LogP) is 3.65. The normalized spacial score (nSPS) is 12.2. The number of aliphatic hydroxyl groups is 1. The Morgan fingerprint density at radius 3 is 2.67 bits per heavy atom. The van der Waals surface area contributed by atoms with Crippen LogP contribution in [0.3, 0.4) is 0 Å². The van der Waals surface area contributed by atoms with E-state index in [0.717, 1.165) is 17.4 Å². The van der Waals surface area contributed by atoms with Crippen molar-refractivity contribution >= 4 is 0 Å². The van der Waals surface area contributed by atoms with Gasteiger partial charge in [-0.1, -0.05) is 18.2 Å². The zero-order chi connectivity index (χ0) is 15.2. The highest BCUT2D eigenvalue weighted by molar-refractivity contribution is 5.27. The smallest absolute Gasteiger partial charge is 0.129 e. The van der Waals surface area contributed by atoms with Crippen molar-refractivity contribution in [2.24, 2.45) is 0 Å². The maximum atomic E-state index is 13.5. The van der Waals surface area contributed by atoms with Gasteiger partial charge in [-0.2, -0.15) is 0 Å². The molecule has 0 aromatic heterocycles. The van der Waals surface area contributed by atoms with E-state index in [2.05, 4.69) is 0 Å². The Bertz CT molecular complexity index is 599. The molecule has 0 heterocycles. The molecule has 0 saturated heterocycles. The third-order valence-electron chi connectivity index (χ3n) is 3.18. The fraction of sp³-hybridized carbons (Fsp3) is 0.294. The van der Waals surface area contributed by atoms with Crippen LogP contribution in [0.1, 0.15) is 17.5 Å². The molecule has 0 radical (unpaired) electrons. The van der Waals surface area contributed by atoms with Crippen molar-refractivity contribution in [3.63, 3.8) is 0 Å². The molecule has 1 N–H and O–H groups in total. The van der Waals surface area contributed by atoms with E-state index in [1.165, 1.54) is 12.1 Å². The molecule has 4 heteroatoms. The largest absolute Gasteiger partial charge is 0.493 e. The monoisotopic (exact) mass is 292 g/mol. The zero-order valence-corrected chi connectivity index (χ0v) is 11.9. The fourth-order valence-corrected chi connectivity index (χ4v) is 2.06. The molecule has 0 fully saturated rings. The van der Waals surface area contributed by atoms with Gasteiger partial charge in [-0.05, 0) is 36.2 Å². The van der Waals surface area contributed by atoms with E-state index in [1.54, 1.807) is 0 Å². The van der Waals surface area contributed by atoms with Gasteiger partial charge < -0.3 is 9.84 Å². The van der Waals surface area contributed by atoms with Gasteiger partial charge >= 0.3 is 0 Å². The summed E-state index contributed by atoms with van der Waals surface area (Å²) in [6.45, 7) is 2.31. The number of ether oxygens (including phenoxy) is 1. The topological polar surface area (TPSA) is 29.5 Å². The molecule has 0 spiro atoms. The van der Waals surface area contributed by atoms with Crippen LogP contribution in [0.4, 0.5) is 8.78 Å². The second-order valence-electron chi connectivity index (χ2n) is 5.05. The molecule has 0 saturated carbocycles. The van der Waals surface area contributed by atoms with Gasteiger partial charge in [0.05, 0.1) is 12.7 Å². The van der Waals surface area contributed by atoms with Crippen LogP contribution in [-0.4, -0.2) is 17.8 Å². The van der Waals surface area contributed by atoms with Gasteiger partial charge in [0.2, 0.25) is 0 Å². The molecule has 1 atom stereocenters. The van der Waals surface area contributed by atoms with Crippen LogP contribution in [0.15, 0.2) is 42.5 Å². The third kappa shape index (κ3) is 4.83. The summed E-state index contributed by atoms with van der Waals surface area (Å²) in [5.74, 6) is -0.502. The second-order valence-corrected chi connectivity index (χ2v) is 5.05. The molecule has 0 aliphatic carbocycles. The fourth-order valence-electron chi connectivity index (χ4n) is 2.06. The Morgan fingerprint density at radius 1 is 1.14 bits per heavy atom. The molecule has 0 aliphatic rings. The van der Waals surface area contributed by atoms with Crippen molar-refractivity contribution in [1.82, 2.24) is 0 Å². The summed E-state index contributed by atoms with van der Waals surface area (Å²) in [4.78, 5) is 0. The van der Waals surface area contributed by atoms with Crippen LogP contribution in [-0.2, 0) is 6.42 Å². The maximum Gasteiger partial charge on any atom is 0.129 e. The van der Waals surface area contributed by atoms with Crippen molar-refractivity contribution in [3.05, 3.63) is 65.2 Å². The first-order chi connectivity index (χ1) is 10.0. The molecule has 21 heavy (non-hydrogen) atoms. The van der Waals surface area contributed by atoms with Gasteiger partial charge in [0.15, 0.2) is 0 Å². The standard InChI is InChI=1S/C17H18F2O2/c1-12-3-2-4-16(9-12)21-8-7-15(20)10-13-5-6-14(18)11-17(13)19/h2-6,9,11,15,20H,7-8,10H2,1H3. The average molecular weight is 292 g/mol. The quantitative estimate of drug-likeness (QED) is 0.880. The highest BCUT2D eigenvalue weighted by Gasteiger charge is 2.10. The van der Waals surface area contributed by atoms with E-state index >= 15 is 0 Å². The van der Waals surface area contributed by atoms with Crippen LogP contribution < -0.4 is 4.74 Å². The molecule has 2 aromatic rings. The number of hydrogen-bond acceptors (Lipinski definition) is 2. The molecule has 1 unspecified atom stereocenters. The van der Waals surface area contributed by atoms with Crippen molar-refractivity contribution in [2.75, 3.05) is 6.61 Å². The molecule has 0 amide bonds. The Hall–Kier alpha value is -1.94. The first kappa shape index (κ1) is 15.4. The average Bonchev–Trinajstić information content (AvgIpc) is 2.42. The highest BCUT2D eigenvalue weighted by Crippen LogP contribution is 2.15. The van der Waals surface area contributed by atoms with Gasteiger partial charge in [0, 0.05) is 18.9 Å². The first-order valence-electron chi connectivity index (χ1n) is 6.86. The number of hydrogen-bond donors (Lipinski definition) is 1. The van der Waals surface area contributed by atoms with Crippen molar-refractivity contribution < 1.29 is 18.6 Å². The lowest BCUT2D eigenvalue weighted by molar-refractivity contribution is 0.138. The van der Waals surface area contributed by atoms with Crippen molar-refractivity contribution in [3.8, 4) is 5.75 Å². The Morgan fingerprint density at radius 2 is 1.95 bits per heavy atom. The van der Waals surface area contributed by atoms with Gasteiger partial charge in [-0.25, -0.2) is 8.78 Å². The summed E-state index contributed by atoms with van der Waals surface area (Å²) in [5, 5.41) is 9.89. The summed E-state index contributed by atoms with van der Waals surface area (Å²) in [6.07, 6.45) is -0.205. The number of rotatable bonds is 6. The lowest BCUT2D eigenvalue weighted by Gasteiger charge is -2.12. The van der Waals surface area contributed by atoms with Crippen LogP contribution >= 0.6 is 0 Å². The van der Waals surface area contributed by atoms with Crippen LogP contribution in [0, 0.1) is 18.6 Å². The minimum atomic E-state index is -0.727. The van der Waals surface area contributed by atoms with Gasteiger partial charge in [-0.3, -0.25) is 0 Å². The summed E-state index contributed by atoms with van der Waals surface area (Å²) >= 11 is 0. The summed E-state index contributed by atoms with van der Waals surface area (Å²) in [5.41, 5.74) is 1.40. The number of benzene rings is 2.